The maximum Gasteiger partial charge on any atom is 0.335 e. The van der Waals surface area contributed by atoms with Crippen molar-refractivity contribution < 1.29 is 37.3 Å². The van der Waals surface area contributed by atoms with Crippen LogP contribution in [0.4, 0.5) is 13.2 Å². The number of ether oxygens (including phenoxy) is 3. The maximum atomic E-state index is 15.7. The summed E-state index contributed by atoms with van der Waals surface area (Å²) in [5.74, 6) is -2.50. The third-order valence-electron chi connectivity index (χ3n) is 8.18. The number of rotatable bonds is 10. The van der Waals surface area contributed by atoms with E-state index in [2.05, 4.69) is 4.98 Å². The zero-order valence-corrected chi connectivity index (χ0v) is 25.7. The van der Waals surface area contributed by atoms with Crippen LogP contribution in [0.25, 0.3) is 22.3 Å². The topological polar surface area (TPSA) is 95.7 Å². The van der Waals surface area contributed by atoms with Gasteiger partial charge in [0.2, 0.25) is 5.88 Å². The van der Waals surface area contributed by atoms with Crippen molar-refractivity contribution in [1.82, 2.24) is 14.5 Å². The number of aromatic nitrogens is 3. The van der Waals surface area contributed by atoms with Gasteiger partial charge in [0.25, 0.3) is 0 Å². The first kappa shape index (κ1) is 31.5. The van der Waals surface area contributed by atoms with Gasteiger partial charge in [0.05, 0.1) is 48.2 Å². The molecule has 0 amide bonds. The summed E-state index contributed by atoms with van der Waals surface area (Å²) >= 11 is 5.81. The highest BCUT2D eigenvalue weighted by Crippen LogP contribution is 2.41. The number of hydrogen-bond acceptors (Lipinski definition) is 6. The van der Waals surface area contributed by atoms with Crippen LogP contribution in [-0.4, -0.2) is 52.5 Å². The molecule has 238 valence electrons. The van der Waals surface area contributed by atoms with Crippen molar-refractivity contribution in [2.24, 2.45) is 5.41 Å². The number of nitrogens with zero attached hydrogens (tertiary/aromatic N) is 3. The Bertz CT molecular complexity index is 1950. The fraction of sp³-hybridized carbons (Fsp3) is 0.265. The molecule has 0 saturated carbocycles. The van der Waals surface area contributed by atoms with E-state index in [-0.39, 0.29) is 57.9 Å². The second kappa shape index (κ2) is 12.7. The third-order valence-corrected chi connectivity index (χ3v) is 8.42. The fourth-order valence-electron chi connectivity index (χ4n) is 5.83. The predicted octanol–water partition coefficient (Wildman–Crippen LogP) is 7.26. The standard InChI is InChI=1S/C34H29ClF3N3O5/c1-34(17-44-2)18-45-16-30(34)41-29-11-19(33(42)43)7-9-28(29)39-31(41)12-21-10-26(38)23(14-25(21)37)27-4-3-5-32(40-27)46-15-20-6-8-22(35)13-24(20)36/h3-11,13-14,30H,12,15-18H2,1-2H3,(H,42,43)/t30?,34-/m1/s1. The highest BCUT2D eigenvalue weighted by molar-refractivity contribution is 6.30. The molecule has 0 bridgehead atoms. The van der Waals surface area contributed by atoms with Crippen molar-refractivity contribution in [3.8, 4) is 17.1 Å². The number of fused-ring (bicyclic) bond motifs is 1. The summed E-state index contributed by atoms with van der Waals surface area (Å²) in [6, 6.07) is 15.3. The summed E-state index contributed by atoms with van der Waals surface area (Å²) in [6.07, 6.45) is -0.0804. The molecule has 3 aromatic carbocycles. The summed E-state index contributed by atoms with van der Waals surface area (Å²) in [6.45, 7) is 2.92. The first-order valence-corrected chi connectivity index (χ1v) is 14.8. The third kappa shape index (κ3) is 6.18. The van der Waals surface area contributed by atoms with Crippen LogP contribution in [0.5, 0.6) is 5.88 Å². The van der Waals surface area contributed by atoms with Gasteiger partial charge in [-0.1, -0.05) is 30.7 Å². The van der Waals surface area contributed by atoms with Crippen LogP contribution in [-0.2, 0) is 22.5 Å². The Morgan fingerprint density at radius 2 is 1.85 bits per heavy atom. The molecule has 0 aliphatic carbocycles. The van der Waals surface area contributed by atoms with Crippen LogP contribution in [0.15, 0.2) is 66.7 Å². The van der Waals surface area contributed by atoms with E-state index in [1.807, 2.05) is 11.5 Å². The number of methoxy groups -OCH3 is 1. The summed E-state index contributed by atoms with van der Waals surface area (Å²) in [4.78, 5) is 20.8. The lowest BCUT2D eigenvalue weighted by molar-refractivity contribution is 0.0614. The minimum atomic E-state index is -1.09. The first-order valence-electron chi connectivity index (χ1n) is 14.4. The van der Waals surface area contributed by atoms with E-state index in [1.165, 1.54) is 42.5 Å². The molecular weight excluding hydrogens is 623 g/mol. The molecule has 0 radical (unpaired) electrons. The molecule has 1 aliphatic heterocycles. The summed E-state index contributed by atoms with van der Waals surface area (Å²) in [5, 5.41) is 9.89. The van der Waals surface area contributed by atoms with Crippen LogP contribution >= 0.6 is 11.6 Å². The fourth-order valence-corrected chi connectivity index (χ4v) is 5.99. The number of imidazole rings is 1. The Hall–Kier alpha value is -4.45. The number of hydrogen-bond donors (Lipinski definition) is 1. The normalized spacial score (nSPS) is 17.9. The van der Waals surface area contributed by atoms with E-state index < -0.39 is 28.8 Å². The molecule has 1 saturated heterocycles. The van der Waals surface area contributed by atoms with E-state index in [1.54, 1.807) is 19.2 Å². The van der Waals surface area contributed by atoms with Crippen molar-refractivity contribution in [2.45, 2.75) is 26.0 Å². The average Bonchev–Trinajstić information content (AvgIpc) is 3.57. The smallest absolute Gasteiger partial charge is 0.335 e. The van der Waals surface area contributed by atoms with Crippen LogP contribution in [0.1, 0.15) is 40.3 Å². The zero-order valence-electron chi connectivity index (χ0n) is 24.9. The lowest BCUT2D eigenvalue weighted by atomic mass is 9.85. The molecular formula is C34H29ClF3N3O5. The Morgan fingerprint density at radius 1 is 1.04 bits per heavy atom. The maximum absolute atomic E-state index is 15.7. The van der Waals surface area contributed by atoms with E-state index in [0.29, 0.717) is 36.7 Å². The van der Waals surface area contributed by atoms with E-state index >= 15 is 8.78 Å². The van der Waals surface area contributed by atoms with Crippen molar-refractivity contribution >= 4 is 28.6 Å². The number of carbonyl (C=O) groups is 1. The van der Waals surface area contributed by atoms with E-state index in [9.17, 15) is 14.3 Å². The highest BCUT2D eigenvalue weighted by atomic mass is 35.5. The largest absolute Gasteiger partial charge is 0.478 e. The Kier molecular flexibility index (Phi) is 8.73. The van der Waals surface area contributed by atoms with Gasteiger partial charge in [0, 0.05) is 41.2 Å². The lowest BCUT2D eigenvalue weighted by Gasteiger charge is -2.31. The molecule has 12 heteroatoms. The van der Waals surface area contributed by atoms with E-state index in [4.69, 9.17) is 30.8 Å². The van der Waals surface area contributed by atoms with Gasteiger partial charge in [-0.25, -0.2) is 27.9 Å². The molecule has 8 nitrogen and oxygen atoms in total. The Morgan fingerprint density at radius 3 is 2.61 bits per heavy atom. The SMILES string of the molecule is COC[C@]1(C)COCC1n1c(Cc2cc(F)c(-c3cccc(OCc4ccc(Cl)cc4F)n3)cc2F)nc2ccc(C(=O)O)cc21. The van der Waals surface area contributed by atoms with Gasteiger partial charge >= 0.3 is 5.97 Å². The van der Waals surface area contributed by atoms with Gasteiger partial charge in [-0.3, -0.25) is 0 Å². The van der Waals surface area contributed by atoms with Crippen LogP contribution in [0, 0.1) is 22.9 Å². The minimum absolute atomic E-state index is 0.0502. The van der Waals surface area contributed by atoms with Crippen molar-refractivity contribution in [3.63, 3.8) is 0 Å². The molecule has 46 heavy (non-hydrogen) atoms. The number of aromatic carboxylic acids is 1. The number of pyridine rings is 1. The molecule has 1 aliphatic rings. The number of halogens is 4. The second-order valence-electron chi connectivity index (χ2n) is 11.5. The summed E-state index contributed by atoms with van der Waals surface area (Å²) in [7, 11) is 1.59. The molecule has 0 spiro atoms. The first-order chi connectivity index (χ1) is 22.1. The molecule has 2 aromatic heterocycles. The predicted molar refractivity (Wildman–Crippen MR) is 165 cm³/mol. The average molecular weight is 652 g/mol. The monoisotopic (exact) mass is 651 g/mol. The quantitative estimate of drug-likeness (QED) is 0.170. The van der Waals surface area contributed by atoms with Crippen LogP contribution < -0.4 is 4.74 Å². The number of carboxylic acid groups (broad SMARTS) is 1. The molecule has 3 heterocycles. The summed E-state index contributed by atoms with van der Waals surface area (Å²) < 4.78 is 64.3. The molecule has 2 atom stereocenters. The minimum Gasteiger partial charge on any atom is -0.478 e. The van der Waals surface area contributed by atoms with Gasteiger partial charge in [-0.15, -0.1) is 0 Å². The lowest BCUT2D eigenvalue weighted by Crippen LogP contribution is -2.34. The second-order valence-corrected chi connectivity index (χ2v) is 11.9. The Labute approximate surface area is 267 Å². The molecule has 6 rings (SSSR count). The van der Waals surface area contributed by atoms with Crippen LogP contribution in [0.2, 0.25) is 5.02 Å². The van der Waals surface area contributed by atoms with Crippen molar-refractivity contribution in [1.29, 1.82) is 0 Å². The van der Waals surface area contributed by atoms with Crippen molar-refractivity contribution in [3.05, 3.63) is 112 Å². The van der Waals surface area contributed by atoms with Crippen molar-refractivity contribution in [2.75, 3.05) is 26.9 Å². The van der Waals surface area contributed by atoms with E-state index in [0.717, 1.165) is 12.1 Å². The molecule has 1 N–H and O–H groups in total. The van der Waals surface area contributed by atoms with Gasteiger partial charge in [0.15, 0.2) is 0 Å². The number of benzene rings is 3. The molecule has 5 aromatic rings. The number of carboxylic acids is 1. The van der Waals surface area contributed by atoms with Gasteiger partial charge in [-0.05, 0) is 54.1 Å². The summed E-state index contributed by atoms with van der Waals surface area (Å²) in [5.41, 5.74) is 1.01. The highest BCUT2D eigenvalue weighted by Gasteiger charge is 2.43. The van der Waals surface area contributed by atoms with Gasteiger partial charge in [0.1, 0.15) is 29.9 Å². The zero-order chi connectivity index (χ0) is 32.6. The Balaban J connectivity index is 1.32. The van der Waals surface area contributed by atoms with Gasteiger partial charge in [-0.2, -0.15) is 0 Å². The molecule has 1 unspecified atom stereocenters. The van der Waals surface area contributed by atoms with Gasteiger partial charge < -0.3 is 23.9 Å². The molecule has 1 fully saturated rings. The van der Waals surface area contributed by atoms with Crippen LogP contribution in [0.3, 0.4) is 0 Å².